The molecule has 0 radical (unpaired) electrons. The van der Waals surface area contributed by atoms with Crippen molar-refractivity contribution >= 4 is 7.82 Å². The summed E-state index contributed by atoms with van der Waals surface area (Å²) in [6.45, 7) is 0. The lowest BCUT2D eigenvalue weighted by molar-refractivity contribution is 0.275. The van der Waals surface area contributed by atoms with E-state index >= 15 is 0 Å². The van der Waals surface area contributed by atoms with Crippen molar-refractivity contribution in [3.05, 3.63) is 24.5 Å². The molecule has 1 aromatic heterocycles. The van der Waals surface area contributed by atoms with E-state index < -0.39 is 7.82 Å². The van der Waals surface area contributed by atoms with Crippen LogP contribution in [-0.4, -0.2) is 19.4 Å². The van der Waals surface area contributed by atoms with E-state index in [-0.39, 0.29) is 0 Å². The Balaban J connectivity index is 0.000000187. The summed E-state index contributed by atoms with van der Waals surface area (Å²) >= 11 is 0. The molecule has 0 unspecified atom stereocenters. The molecule has 0 bridgehead atoms. The Bertz CT molecular complexity index is 220. The standard InChI is InChI=1S/C4H6N2.H3O4P/c5-6-3-1-2-4-6;1-5(2,3)4/h1-4H,5H2;(H3,1,2,3,4). The van der Waals surface area contributed by atoms with Crippen LogP contribution < -0.4 is 5.84 Å². The summed E-state index contributed by atoms with van der Waals surface area (Å²) < 4.78 is 10.4. The first-order chi connectivity index (χ1) is 4.89. The molecule has 0 aliphatic heterocycles. The fraction of sp³-hybridized carbons (Fsp3) is 0. The highest BCUT2D eigenvalue weighted by Gasteiger charge is 2.00. The maximum absolute atomic E-state index is 8.88. The Morgan fingerprint density at radius 2 is 1.45 bits per heavy atom. The predicted molar refractivity (Wildman–Crippen MR) is 38.8 cm³/mol. The zero-order chi connectivity index (χ0) is 8.91. The summed E-state index contributed by atoms with van der Waals surface area (Å²) in [6.07, 6.45) is 3.56. The molecule has 1 heterocycles. The van der Waals surface area contributed by atoms with Gasteiger partial charge < -0.3 is 20.5 Å². The van der Waals surface area contributed by atoms with Crippen LogP contribution in [0.5, 0.6) is 0 Å². The van der Waals surface area contributed by atoms with Gasteiger partial charge in [0.05, 0.1) is 0 Å². The highest BCUT2D eigenvalue weighted by atomic mass is 31.2. The second-order valence-electron chi connectivity index (χ2n) is 1.64. The van der Waals surface area contributed by atoms with Gasteiger partial charge in [0.25, 0.3) is 0 Å². The van der Waals surface area contributed by atoms with Crippen molar-refractivity contribution in [3.8, 4) is 0 Å². The Morgan fingerprint density at radius 1 is 1.18 bits per heavy atom. The average Bonchev–Trinajstić information content (AvgIpc) is 2.12. The lowest BCUT2D eigenvalue weighted by Gasteiger charge is -1.82. The number of phosphoric acid groups is 1. The van der Waals surface area contributed by atoms with Crippen molar-refractivity contribution in [1.82, 2.24) is 4.68 Å². The third kappa shape index (κ3) is 12.4. The average molecular weight is 180 g/mol. The monoisotopic (exact) mass is 180 g/mol. The molecule has 0 fully saturated rings. The molecule has 0 saturated heterocycles. The molecular formula is C4H9N2O4P. The molecule has 5 N–H and O–H groups in total. The van der Waals surface area contributed by atoms with Crippen LogP contribution >= 0.6 is 7.82 Å². The summed E-state index contributed by atoms with van der Waals surface area (Å²) in [6, 6.07) is 3.75. The van der Waals surface area contributed by atoms with Crippen LogP contribution in [0.2, 0.25) is 0 Å². The summed E-state index contributed by atoms with van der Waals surface area (Å²) in [5, 5.41) is 0. The molecule has 0 atom stereocenters. The first-order valence-electron chi connectivity index (χ1n) is 2.56. The highest BCUT2D eigenvalue weighted by Crippen LogP contribution is 2.25. The van der Waals surface area contributed by atoms with Crippen LogP contribution in [0.25, 0.3) is 0 Å². The Hall–Kier alpha value is -0.810. The van der Waals surface area contributed by atoms with Crippen molar-refractivity contribution < 1.29 is 19.2 Å². The maximum atomic E-state index is 8.88. The van der Waals surface area contributed by atoms with Crippen LogP contribution in [-0.2, 0) is 4.57 Å². The van der Waals surface area contributed by atoms with Crippen molar-refractivity contribution in [2.24, 2.45) is 0 Å². The number of nitrogens with two attached hydrogens (primary N) is 1. The van der Waals surface area contributed by atoms with E-state index in [1.165, 1.54) is 4.68 Å². The summed E-state index contributed by atoms with van der Waals surface area (Å²) in [4.78, 5) is 21.6. The number of nitrogens with zero attached hydrogens (tertiary/aromatic N) is 1. The molecule has 6 nitrogen and oxygen atoms in total. The zero-order valence-corrected chi connectivity index (χ0v) is 6.43. The molecule has 0 saturated carbocycles. The Kier molecular flexibility index (Phi) is 3.84. The van der Waals surface area contributed by atoms with Gasteiger partial charge in [-0.25, -0.2) is 4.57 Å². The molecular weight excluding hydrogens is 171 g/mol. The van der Waals surface area contributed by atoms with Crippen LogP contribution in [0.4, 0.5) is 0 Å². The Labute approximate surface area is 63.1 Å². The summed E-state index contributed by atoms with van der Waals surface area (Å²) in [5.74, 6) is 5.19. The van der Waals surface area contributed by atoms with E-state index in [1.54, 1.807) is 12.4 Å². The minimum atomic E-state index is -4.64. The molecule has 11 heavy (non-hydrogen) atoms. The first kappa shape index (κ1) is 10.2. The molecule has 0 aromatic carbocycles. The molecule has 0 amide bonds. The van der Waals surface area contributed by atoms with Crippen molar-refractivity contribution in [2.45, 2.75) is 0 Å². The minimum Gasteiger partial charge on any atom is -0.340 e. The smallest absolute Gasteiger partial charge is 0.340 e. The lowest BCUT2D eigenvalue weighted by Crippen LogP contribution is -2.02. The van der Waals surface area contributed by atoms with E-state index in [0.717, 1.165) is 0 Å². The second kappa shape index (κ2) is 4.15. The topological polar surface area (TPSA) is 109 Å². The van der Waals surface area contributed by atoms with Gasteiger partial charge in [0.15, 0.2) is 0 Å². The van der Waals surface area contributed by atoms with Gasteiger partial charge in [-0.3, -0.25) is 4.68 Å². The van der Waals surface area contributed by atoms with Gasteiger partial charge in [0, 0.05) is 12.4 Å². The number of hydrogen-bond donors (Lipinski definition) is 4. The quantitative estimate of drug-likeness (QED) is 0.311. The molecule has 0 aliphatic carbocycles. The number of nitrogen functional groups attached to an aromatic ring is 1. The normalized spacial score (nSPS) is 10.1. The SMILES string of the molecule is Nn1cccc1.O=P(O)(O)O. The van der Waals surface area contributed by atoms with Gasteiger partial charge in [-0.15, -0.1) is 0 Å². The van der Waals surface area contributed by atoms with Gasteiger partial charge in [0.2, 0.25) is 0 Å². The lowest BCUT2D eigenvalue weighted by atomic mass is 10.7. The summed E-state index contributed by atoms with van der Waals surface area (Å²) in [7, 11) is -4.64. The molecule has 1 aromatic rings. The molecule has 64 valence electrons. The van der Waals surface area contributed by atoms with E-state index in [2.05, 4.69) is 0 Å². The van der Waals surface area contributed by atoms with Gasteiger partial charge in [-0.2, -0.15) is 0 Å². The summed E-state index contributed by atoms with van der Waals surface area (Å²) in [5.41, 5.74) is 0. The van der Waals surface area contributed by atoms with Crippen molar-refractivity contribution in [3.63, 3.8) is 0 Å². The van der Waals surface area contributed by atoms with Gasteiger partial charge >= 0.3 is 7.82 Å². The van der Waals surface area contributed by atoms with Gasteiger partial charge in [0.1, 0.15) is 0 Å². The van der Waals surface area contributed by atoms with Crippen LogP contribution in [0.1, 0.15) is 0 Å². The fourth-order valence-corrected chi connectivity index (χ4v) is 0.348. The van der Waals surface area contributed by atoms with Crippen molar-refractivity contribution in [1.29, 1.82) is 0 Å². The van der Waals surface area contributed by atoms with Gasteiger partial charge in [-0.05, 0) is 12.1 Å². The van der Waals surface area contributed by atoms with Crippen LogP contribution in [0.15, 0.2) is 24.5 Å². The number of aromatic nitrogens is 1. The minimum absolute atomic E-state index is 1.50. The third-order valence-corrected chi connectivity index (χ3v) is 0.628. The van der Waals surface area contributed by atoms with E-state index in [0.29, 0.717) is 0 Å². The first-order valence-corrected chi connectivity index (χ1v) is 4.12. The molecule has 0 spiro atoms. The van der Waals surface area contributed by atoms with E-state index in [1.807, 2.05) is 12.1 Å². The van der Waals surface area contributed by atoms with Crippen LogP contribution in [0.3, 0.4) is 0 Å². The molecule has 1 rings (SSSR count). The fourth-order valence-electron chi connectivity index (χ4n) is 0.348. The van der Waals surface area contributed by atoms with Crippen molar-refractivity contribution in [2.75, 3.05) is 5.84 Å². The van der Waals surface area contributed by atoms with E-state index in [4.69, 9.17) is 25.1 Å². The maximum Gasteiger partial charge on any atom is 0.466 e. The zero-order valence-electron chi connectivity index (χ0n) is 5.53. The number of rotatable bonds is 0. The molecule has 7 heteroatoms. The predicted octanol–water partition coefficient (Wildman–Crippen LogP) is -0.727. The van der Waals surface area contributed by atoms with Crippen LogP contribution in [0, 0.1) is 0 Å². The third-order valence-electron chi connectivity index (χ3n) is 0.628. The van der Waals surface area contributed by atoms with E-state index in [9.17, 15) is 0 Å². The van der Waals surface area contributed by atoms with Gasteiger partial charge in [-0.1, -0.05) is 0 Å². The highest BCUT2D eigenvalue weighted by molar-refractivity contribution is 7.45. The Morgan fingerprint density at radius 3 is 1.55 bits per heavy atom. The second-order valence-corrected chi connectivity index (χ2v) is 2.67. The molecule has 0 aliphatic rings. The number of hydrogen-bond acceptors (Lipinski definition) is 2. The largest absolute Gasteiger partial charge is 0.466 e.